The zero-order valence-electron chi connectivity index (χ0n) is 10.1. The van der Waals surface area contributed by atoms with E-state index in [0.717, 1.165) is 10.2 Å². The van der Waals surface area contributed by atoms with E-state index in [1.165, 1.54) is 0 Å². The predicted octanol–water partition coefficient (Wildman–Crippen LogP) is 4.23. The highest BCUT2D eigenvalue weighted by atomic mass is 79.9. The van der Waals surface area contributed by atoms with Gasteiger partial charge in [0.15, 0.2) is 0 Å². The first-order valence-electron chi connectivity index (χ1n) is 5.84. The lowest BCUT2D eigenvalue weighted by molar-refractivity contribution is -0.135. The third-order valence-electron chi connectivity index (χ3n) is 2.51. The first kappa shape index (κ1) is 15.4. The highest BCUT2D eigenvalue weighted by molar-refractivity contribution is 9.10. The van der Waals surface area contributed by atoms with Gasteiger partial charge in [0, 0.05) is 23.1 Å². The van der Waals surface area contributed by atoms with Gasteiger partial charge in [-0.2, -0.15) is 13.2 Å². The zero-order valence-corrected chi connectivity index (χ0v) is 11.7. The maximum atomic E-state index is 12.1. The molecule has 102 valence electrons. The lowest BCUT2D eigenvalue weighted by Gasteiger charge is -2.17. The SMILES string of the molecule is CCNC(CCCC(F)(F)F)c1ccc(Br)cn1. The highest BCUT2D eigenvalue weighted by Crippen LogP contribution is 2.26. The van der Waals surface area contributed by atoms with Gasteiger partial charge in [-0.15, -0.1) is 0 Å². The van der Waals surface area contributed by atoms with Crippen LogP contribution in [0.3, 0.4) is 0 Å². The maximum absolute atomic E-state index is 12.1. The second-order valence-electron chi connectivity index (χ2n) is 4.02. The molecule has 0 bridgehead atoms. The van der Waals surface area contributed by atoms with Gasteiger partial charge in [-0.05, 0) is 47.4 Å². The van der Waals surface area contributed by atoms with E-state index in [9.17, 15) is 13.2 Å². The van der Waals surface area contributed by atoms with Crippen molar-refractivity contribution in [3.63, 3.8) is 0 Å². The summed E-state index contributed by atoms with van der Waals surface area (Å²) in [5.74, 6) is 0. The number of rotatable bonds is 6. The molecule has 0 aliphatic heterocycles. The monoisotopic (exact) mass is 324 g/mol. The molecule has 0 amide bonds. The largest absolute Gasteiger partial charge is 0.389 e. The van der Waals surface area contributed by atoms with Crippen molar-refractivity contribution in [2.75, 3.05) is 6.54 Å². The Morgan fingerprint density at radius 2 is 2.11 bits per heavy atom. The minimum absolute atomic E-state index is 0.110. The Morgan fingerprint density at radius 3 is 2.61 bits per heavy atom. The smallest absolute Gasteiger partial charge is 0.309 e. The number of alkyl halides is 3. The van der Waals surface area contributed by atoms with Gasteiger partial charge in [-0.3, -0.25) is 4.98 Å². The van der Waals surface area contributed by atoms with E-state index in [2.05, 4.69) is 26.2 Å². The van der Waals surface area contributed by atoms with Gasteiger partial charge in [-0.25, -0.2) is 0 Å². The van der Waals surface area contributed by atoms with Crippen LogP contribution in [0.15, 0.2) is 22.8 Å². The fraction of sp³-hybridized carbons (Fsp3) is 0.583. The van der Waals surface area contributed by atoms with Crippen molar-refractivity contribution in [2.24, 2.45) is 0 Å². The van der Waals surface area contributed by atoms with Gasteiger partial charge >= 0.3 is 6.18 Å². The van der Waals surface area contributed by atoms with Gasteiger partial charge in [0.1, 0.15) is 0 Å². The van der Waals surface area contributed by atoms with Crippen molar-refractivity contribution in [1.29, 1.82) is 0 Å². The van der Waals surface area contributed by atoms with Crippen LogP contribution in [0.2, 0.25) is 0 Å². The zero-order chi connectivity index (χ0) is 13.6. The van der Waals surface area contributed by atoms with Crippen LogP contribution in [-0.2, 0) is 0 Å². The summed E-state index contributed by atoms with van der Waals surface area (Å²) in [6, 6.07) is 3.55. The number of halogens is 4. The molecule has 0 spiro atoms. The van der Waals surface area contributed by atoms with Gasteiger partial charge in [0.25, 0.3) is 0 Å². The Hall–Kier alpha value is -0.620. The van der Waals surface area contributed by atoms with Gasteiger partial charge in [0.05, 0.1) is 5.69 Å². The minimum atomic E-state index is -4.08. The molecule has 1 N–H and O–H groups in total. The summed E-state index contributed by atoms with van der Waals surface area (Å²) in [6.07, 6.45) is -2.63. The van der Waals surface area contributed by atoms with Crippen molar-refractivity contribution in [3.8, 4) is 0 Å². The molecule has 0 aliphatic carbocycles. The summed E-state index contributed by atoms with van der Waals surface area (Å²) in [4.78, 5) is 4.22. The summed E-state index contributed by atoms with van der Waals surface area (Å²) in [7, 11) is 0. The number of aromatic nitrogens is 1. The normalized spacial score (nSPS) is 13.6. The second kappa shape index (κ2) is 7.09. The van der Waals surface area contributed by atoms with Crippen LogP contribution < -0.4 is 5.32 Å². The molecule has 0 fully saturated rings. The summed E-state index contributed by atoms with van der Waals surface area (Å²) < 4.78 is 37.2. The molecular formula is C12H16BrF3N2. The minimum Gasteiger partial charge on any atom is -0.309 e. The van der Waals surface area contributed by atoms with Gasteiger partial charge < -0.3 is 5.32 Å². The molecule has 1 rings (SSSR count). The number of pyridine rings is 1. The van der Waals surface area contributed by atoms with Crippen LogP contribution in [0.4, 0.5) is 13.2 Å². The predicted molar refractivity (Wildman–Crippen MR) is 68.3 cm³/mol. The molecule has 1 atom stereocenters. The van der Waals surface area contributed by atoms with E-state index in [0.29, 0.717) is 13.0 Å². The summed E-state index contributed by atoms with van der Waals surface area (Å²) in [5, 5.41) is 3.16. The highest BCUT2D eigenvalue weighted by Gasteiger charge is 2.26. The van der Waals surface area contributed by atoms with E-state index in [4.69, 9.17) is 0 Å². The van der Waals surface area contributed by atoms with Crippen molar-refractivity contribution in [1.82, 2.24) is 10.3 Å². The molecule has 1 aromatic rings. The van der Waals surface area contributed by atoms with E-state index in [1.54, 1.807) is 6.20 Å². The fourth-order valence-electron chi connectivity index (χ4n) is 1.70. The molecule has 1 heterocycles. The Kier molecular flexibility index (Phi) is 6.08. The van der Waals surface area contributed by atoms with Crippen LogP contribution in [0.25, 0.3) is 0 Å². The summed E-state index contributed by atoms with van der Waals surface area (Å²) in [5.41, 5.74) is 0.780. The molecule has 0 aliphatic rings. The van der Waals surface area contributed by atoms with E-state index in [1.807, 2.05) is 19.1 Å². The van der Waals surface area contributed by atoms with E-state index < -0.39 is 12.6 Å². The fourth-order valence-corrected chi connectivity index (χ4v) is 1.94. The molecule has 0 saturated heterocycles. The Bertz CT molecular complexity index is 351. The molecule has 1 unspecified atom stereocenters. The second-order valence-corrected chi connectivity index (χ2v) is 4.93. The van der Waals surface area contributed by atoms with Crippen molar-refractivity contribution in [2.45, 2.75) is 38.4 Å². The molecule has 1 aromatic heterocycles. The van der Waals surface area contributed by atoms with Crippen molar-refractivity contribution >= 4 is 15.9 Å². The van der Waals surface area contributed by atoms with Crippen LogP contribution in [-0.4, -0.2) is 17.7 Å². The Morgan fingerprint density at radius 1 is 1.39 bits per heavy atom. The van der Waals surface area contributed by atoms with Crippen LogP contribution in [0, 0.1) is 0 Å². The van der Waals surface area contributed by atoms with Crippen LogP contribution in [0.1, 0.15) is 37.9 Å². The van der Waals surface area contributed by atoms with Crippen molar-refractivity contribution < 1.29 is 13.2 Å². The lowest BCUT2D eigenvalue weighted by atomic mass is 10.1. The molecule has 0 saturated carbocycles. The lowest BCUT2D eigenvalue weighted by Crippen LogP contribution is -2.22. The first-order chi connectivity index (χ1) is 8.42. The summed E-state index contributed by atoms with van der Waals surface area (Å²) in [6.45, 7) is 2.63. The van der Waals surface area contributed by atoms with Crippen LogP contribution >= 0.6 is 15.9 Å². The molecule has 6 heteroatoms. The third kappa shape index (κ3) is 5.82. The Balaban J connectivity index is 2.57. The van der Waals surface area contributed by atoms with E-state index >= 15 is 0 Å². The Labute approximate surface area is 113 Å². The van der Waals surface area contributed by atoms with Gasteiger partial charge in [0.2, 0.25) is 0 Å². The quantitative estimate of drug-likeness (QED) is 0.847. The molecule has 18 heavy (non-hydrogen) atoms. The summed E-state index contributed by atoms with van der Waals surface area (Å²) >= 11 is 3.28. The average Bonchev–Trinajstić information content (AvgIpc) is 2.27. The number of hydrogen-bond donors (Lipinski definition) is 1. The molecule has 2 nitrogen and oxygen atoms in total. The third-order valence-corrected chi connectivity index (χ3v) is 2.98. The molecule has 0 radical (unpaired) electrons. The van der Waals surface area contributed by atoms with Gasteiger partial charge in [-0.1, -0.05) is 6.92 Å². The molecular weight excluding hydrogens is 309 g/mol. The maximum Gasteiger partial charge on any atom is 0.389 e. The van der Waals surface area contributed by atoms with E-state index in [-0.39, 0.29) is 12.5 Å². The first-order valence-corrected chi connectivity index (χ1v) is 6.63. The standard InChI is InChI=1S/C12H16BrF3N2/c1-2-17-10(4-3-7-12(14,15)16)11-6-5-9(13)8-18-11/h5-6,8,10,17H,2-4,7H2,1H3. The van der Waals surface area contributed by atoms with Crippen molar-refractivity contribution in [3.05, 3.63) is 28.5 Å². The average molecular weight is 325 g/mol. The topological polar surface area (TPSA) is 24.9 Å². The molecule has 0 aromatic carbocycles. The number of hydrogen-bond acceptors (Lipinski definition) is 2. The number of nitrogens with zero attached hydrogens (tertiary/aromatic N) is 1. The van der Waals surface area contributed by atoms with Crippen LogP contribution in [0.5, 0.6) is 0 Å². The number of nitrogens with one attached hydrogen (secondary N) is 1.